The van der Waals surface area contributed by atoms with Crippen LogP contribution in [0.2, 0.25) is 0 Å². The first-order valence-electron chi connectivity index (χ1n) is 10.1. The van der Waals surface area contributed by atoms with E-state index in [0.717, 1.165) is 5.52 Å². The van der Waals surface area contributed by atoms with Gasteiger partial charge in [0.1, 0.15) is 35.3 Å². The van der Waals surface area contributed by atoms with E-state index in [4.69, 9.17) is 0 Å². The number of aromatic nitrogens is 5. The van der Waals surface area contributed by atoms with Crippen molar-refractivity contribution in [1.82, 2.24) is 24.5 Å². The molecule has 0 aliphatic carbocycles. The summed E-state index contributed by atoms with van der Waals surface area (Å²) in [6.45, 7) is 6.31. The number of fused-ring (bicyclic) bond motifs is 1. The molecule has 0 bridgehead atoms. The van der Waals surface area contributed by atoms with Crippen LogP contribution in [0.5, 0.6) is 0 Å². The van der Waals surface area contributed by atoms with Crippen LogP contribution in [0.1, 0.15) is 45.2 Å². The number of hydrogen-bond donors (Lipinski definition) is 3. The van der Waals surface area contributed by atoms with Crippen molar-refractivity contribution >= 4 is 28.6 Å². The topological polar surface area (TPSA) is 112 Å². The van der Waals surface area contributed by atoms with E-state index in [0.29, 0.717) is 41.9 Å². The Hall–Kier alpha value is -2.85. The summed E-state index contributed by atoms with van der Waals surface area (Å²) >= 11 is 0. The lowest BCUT2D eigenvalue weighted by Crippen LogP contribution is -2.45. The second-order valence-corrected chi connectivity index (χ2v) is 7.85. The van der Waals surface area contributed by atoms with Crippen molar-refractivity contribution in [2.45, 2.75) is 51.6 Å². The highest BCUT2D eigenvalue weighted by Gasteiger charge is 2.28. The normalized spacial score (nSPS) is 20.7. The van der Waals surface area contributed by atoms with Gasteiger partial charge >= 0.3 is 0 Å². The number of anilines is 3. The zero-order valence-corrected chi connectivity index (χ0v) is 17.2. The molecule has 10 heteroatoms. The number of rotatable bonds is 5. The lowest BCUT2D eigenvalue weighted by atomic mass is 10.1. The number of alkyl halides is 1. The molecule has 3 atom stereocenters. The molecule has 0 aromatic carbocycles. The molecule has 1 aliphatic rings. The fraction of sp³-hybridized carbons (Fsp3) is 0.500. The van der Waals surface area contributed by atoms with Gasteiger partial charge in [-0.25, -0.2) is 19.3 Å². The first-order valence-corrected chi connectivity index (χ1v) is 10.1. The molecule has 1 fully saturated rings. The predicted octanol–water partition coefficient (Wildman–Crippen LogP) is 2.51. The lowest BCUT2D eigenvalue weighted by molar-refractivity contribution is 0.0612. The maximum absolute atomic E-state index is 13.9. The maximum Gasteiger partial charge on any atom is 0.227 e. The monoisotopic (exact) mass is 415 g/mol. The van der Waals surface area contributed by atoms with Gasteiger partial charge in [0.25, 0.3) is 0 Å². The number of halogens is 1. The van der Waals surface area contributed by atoms with Crippen LogP contribution >= 0.6 is 0 Å². The van der Waals surface area contributed by atoms with Gasteiger partial charge in [-0.2, -0.15) is 4.98 Å². The van der Waals surface area contributed by atoms with Crippen LogP contribution in [0.25, 0.3) is 11.0 Å². The molecule has 1 saturated heterocycles. The molecule has 30 heavy (non-hydrogen) atoms. The summed E-state index contributed by atoms with van der Waals surface area (Å²) in [6.07, 6.45) is 0.655. The number of aliphatic hydroxyl groups is 2. The summed E-state index contributed by atoms with van der Waals surface area (Å²) in [5.74, 6) is 2.10. The van der Waals surface area contributed by atoms with E-state index in [9.17, 15) is 14.6 Å². The van der Waals surface area contributed by atoms with Gasteiger partial charge in [0.05, 0.1) is 24.4 Å². The quantitative estimate of drug-likeness (QED) is 0.583. The third-order valence-corrected chi connectivity index (χ3v) is 5.18. The molecule has 9 nitrogen and oxygen atoms in total. The molecule has 0 spiro atoms. The van der Waals surface area contributed by atoms with Crippen molar-refractivity contribution in [3.63, 3.8) is 0 Å². The number of piperidine rings is 1. The third-order valence-electron chi connectivity index (χ3n) is 5.18. The Kier molecular flexibility index (Phi) is 5.52. The Morgan fingerprint density at radius 1 is 1.20 bits per heavy atom. The van der Waals surface area contributed by atoms with Crippen molar-refractivity contribution in [1.29, 1.82) is 0 Å². The van der Waals surface area contributed by atoms with Gasteiger partial charge in [-0.1, -0.05) is 0 Å². The average Bonchev–Trinajstić information content (AvgIpc) is 3.10. The first kappa shape index (κ1) is 20.4. The Balaban J connectivity index is 1.61. The molecule has 160 valence electrons. The van der Waals surface area contributed by atoms with E-state index >= 15 is 0 Å². The molecule has 4 rings (SSSR count). The highest BCUT2D eigenvalue weighted by atomic mass is 19.1. The van der Waals surface area contributed by atoms with Gasteiger partial charge in [-0.05, 0) is 33.3 Å². The molecular weight excluding hydrogens is 389 g/mol. The third kappa shape index (κ3) is 3.92. The van der Waals surface area contributed by atoms with Crippen molar-refractivity contribution < 1.29 is 14.6 Å². The fourth-order valence-electron chi connectivity index (χ4n) is 3.70. The van der Waals surface area contributed by atoms with Gasteiger partial charge in [0.15, 0.2) is 0 Å². The van der Waals surface area contributed by atoms with Gasteiger partial charge in [0.2, 0.25) is 5.95 Å². The molecule has 3 aromatic rings. The largest absolute Gasteiger partial charge is 0.390 e. The number of hydrogen-bond acceptors (Lipinski definition) is 8. The molecule has 4 heterocycles. The SMILES string of the molecule is CC(C)n1c([C@@H](C)O)nc2cnc(Nc3ccnc(N4CCC(O)C(F)C4)n3)cc21. The fourth-order valence-corrected chi connectivity index (χ4v) is 3.70. The zero-order chi connectivity index (χ0) is 21.4. The highest BCUT2D eigenvalue weighted by Crippen LogP contribution is 2.27. The molecular formula is C20H26FN7O2. The van der Waals surface area contributed by atoms with Crippen LogP contribution in [0.3, 0.4) is 0 Å². The Bertz CT molecular complexity index is 1040. The number of nitrogens with zero attached hydrogens (tertiary/aromatic N) is 6. The highest BCUT2D eigenvalue weighted by molar-refractivity contribution is 5.79. The summed E-state index contributed by atoms with van der Waals surface area (Å²) in [7, 11) is 0. The van der Waals surface area contributed by atoms with Crippen LogP contribution in [-0.2, 0) is 0 Å². The smallest absolute Gasteiger partial charge is 0.227 e. The van der Waals surface area contributed by atoms with E-state index in [1.165, 1.54) is 0 Å². The maximum atomic E-state index is 13.9. The number of pyridine rings is 1. The molecule has 2 unspecified atom stereocenters. The standard InChI is InChI=1S/C20H26FN7O2/c1-11(2)28-15-8-18(23-9-14(15)24-19(28)12(3)29)25-17-4-6-22-20(26-17)27-7-5-16(30)13(21)10-27/h4,6,8-9,11-13,16,29-30H,5,7,10H2,1-3H3,(H,22,23,25,26)/t12-,13?,16?/m1/s1. The van der Waals surface area contributed by atoms with E-state index in [-0.39, 0.29) is 12.6 Å². The van der Waals surface area contributed by atoms with Crippen LogP contribution < -0.4 is 10.2 Å². The molecule has 0 radical (unpaired) electrons. The Morgan fingerprint density at radius 3 is 2.70 bits per heavy atom. The van der Waals surface area contributed by atoms with E-state index in [1.54, 1.807) is 30.3 Å². The Morgan fingerprint density at radius 2 is 2.00 bits per heavy atom. The van der Waals surface area contributed by atoms with Crippen LogP contribution in [0.15, 0.2) is 24.5 Å². The zero-order valence-electron chi connectivity index (χ0n) is 17.2. The predicted molar refractivity (Wildman–Crippen MR) is 112 cm³/mol. The minimum absolute atomic E-state index is 0.0600. The molecule has 3 N–H and O–H groups in total. The van der Waals surface area contributed by atoms with Crippen molar-refractivity contribution in [3.8, 4) is 0 Å². The summed E-state index contributed by atoms with van der Waals surface area (Å²) < 4.78 is 15.9. The van der Waals surface area contributed by atoms with Crippen LogP contribution in [0, 0.1) is 0 Å². The van der Waals surface area contributed by atoms with Crippen LogP contribution in [-0.4, -0.2) is 60.1 Å². The molecule has 0 amide bonds. The second kappa shape index (κ2) is 8.11. The van der Waals surface area contributed by atoms with Crippen LogP contribution in [0.4, 0.5) is 22.0 Å². The number of nitrogens with one attached hydrogen (secondary N) is 1. The average molecular weight is 415 g/mol. The number of aliphatic hydroxyl groups excluding tert-OH is 2. The summed E-state index contributed by atoms with van der Waals surface area (Å²) in [5, 5.41) is 22.8. The summed E-state index contributed by atoms with van der Waals surface area (Å²) in [6, 6.07) is 3.69. The Labute approximate surface area is 173 Å². The van der Waals surface area contributed by atoms with Crippen molar-refractivity contribution in [2.24, 2.45) is 0 Å². The van der Waals surface area contributed by atoms with E-state index in [1.807, 2.05) is 24.5 Å². The minimum atomic E-state index is -1.32. The molecule has 0 saturated carbocycles. The number of imidazole rings is 1. The summed E-state index contributed by atoms with van der Waals surface area (Å²) in [5.41, 5.74) is 1.56. The molecule has 1 aliphatic heterocycles. The first-order chi connectivity index (χ1) is 14.3. The van der Waals surface area contributed by atoms with Gasteiger partial charge in [-0.15, -0.1) is 0 Å². The van der Waals surface area contributed by atoms with E-state index in [2.05, 4.69) is 25.3 Å². The molecule has 3 aromatic heterocycles. The van der Waals surface area contributed by atoms with Gasteiger partial charge in [-0.3, -0.25) is 0 Å². The van der Waals surface area contributed by atoms with Crippen molar-refractivity contribution in [3.05, 3.63) is 30.4 Å². The summed E-state index contributed by atoms with van der Waals surface area (Å²) in [4.78, 5) is 19.3. The van der Waals surface area contributed by atoms with E-state index < -0.39 is 18.4 Å². The minimum Gasteiger partial charge on any atom is -0.390 e. The second-order valence-electron chi connectivity index (χ2n) is 7.85. The van der Waals surface area contributed by atoms with Crippen molar-refractivity contribution in [2.75, 3.05) is 23.3 Å². The van der Waals surface area contributed by atoms with Gasteiger partial charge in [0, 0.05) is 24.8 Å². The van der Waals surface area contributed by atoms with Gasteiger partial charge < -0.3 is 25.0 Å². The lowest BCUT2D eigenvalue weighted by Gasteiger charge is -2.32.